The van der Waals surface area contributed by atoms with Crippen molar-refractivity contribution >= 4 is 0 Å². The number of likely N-dealkylation sites (tertiary alicyclic amines) is 1. The van der Waals surface area contributed by atoms with Crippen LogP contribution in [0.5, 0.6) is 11.5 Å². The molecule has 3 rings (SSSR count). The van der Waals surface area contributed by atoms with Gasteiger partial charge in [0.25, 0.3) is 0 Å². The number of methoxy groups -OCH3 is 1. The number of ether oxygens (including phenoxy) is 2. The predicted molar refractivity (Wildman–Crippen MR) is 94.2 cm³/mol. The molecule has 0 radical (unpaired) electrons. The van der Waals surface area contributed by atoms with Gasteiger partial charge in [-0.05, 0) is 36.1 Å². The van der Waals surface area contributed by atoms with Crippen LogP contribution in [0.3, 0.4) is 0 Å². The summed E-state index contributed by atoms with van der Waals surface area (Å²) in [4.78, 5) is 2.42. The largest absolute Gasteiger partial charge is 0.504 e. The highest BCUT2D eigenvalue weighted by Gasteiger charge is 2.20. The molecule has 0 spiro atoms. The third-order valence-corrected chi connectivity index (χ3v) is 4.51. The molecule has 4 nitrogen and oxygen atoms in total. The molecule has 1 aliphatic heterocycles. The normalized spacial score (nSPS) is 16.2. The second-order valence-electron chi connectivity index (χ2n) is 6.28. The van der Waals surface area contributed by atoms with Gasteiger partial charge in [-0.15, -0.1) is 0 Å². The van der Waals surface area contributed by atoms with E-state index in [-0.39, 0.29) is 5.75 Å². The van der Waals surface area contributed by atoms with Gasteiger partial charge in [-0.2, -0.15) is 0 Å². The van der Waals surface area contributed by atoms with Crippen molar-refractivity contribution in [2.24, 2.45) is 0 Å². The molecule has 2 aromatic rings. The zero-order valence-corrected chi connectivity index (χ0v) is 14.1. The van der Waals surface area contributed by atoms with Gasteiger partial charge in [0.1, 0.15) is 0 Å². The van der Waals surface area contributed by atoms with Crippen molar-refractivity contribution in [2.75, 3.05) is 20.2 Å². The number of phenols is 1. The van der Waals surface area contributed by atoms with Crippen LogP contribution < -0.4 is 4.74 Å². The molecule has 0 aromatic heterocycles. The molecule has 1 heterocycles. The zero-order chi connectivity index (χ0) is 16.8. The molecule has 4 heteroatoms. The minimum absolute atomic E-state index is 0.189. The smallest absolute Gasteiger partial charge is 0.160 e. The maximum absolute atomic E-state index is 9.67. The van der Waals surface area contributed by atoms with Crippen molar-refractivity contribution in [3.8, 4) is 11.5 Å². The van der Waals surface area contributed by atoms with Gasteiger partial charge in [0, 0.05) is 19.6 Å². The first-order valence-corrected chi connectivity index (χ1v) is 8.48. The maximum atomic E-state index is 9.67. The Morgan fingerprint density at radius 2 is 1.79 bits per heavy atom. The minimum Gasteiger partial charge on any atom is -0.504 e. The van der Waals surface area contributed by atoms with Crippen LogP contribution in [-0.4, -0.2) is 36.3 Å². The highest BCUT2D eigenvalue weighted by molar-refractivity contribution is 5.41. The first-order valence-electron chi connectivity index (χ1n) is 8.48. The van der Waals surface area contributed by atoms with E-state index < -0.39 is 0 Å². The van der Waals surface area contributed by atoms with Crippen molar-refractivity contribution in [3.05, 3.63) is 59.7 Å². The van der Waals surface area contributed by atoms with Crippen LogP contribution in [0.1, 0.15) is 24.0 Å². The van der Waals surface area contributed by atoms with Gasteiger partial charge in [-0.3, -0.25) is 4.90 Å². The molecule has 0 saturated carbocycles. The van der Waals surface area contributed by atoms with Crippen molar-refractivity contribution in [1.29, 1.82) is 0 Å². The van der Waals surface area contributed by atoms with E-state index in [0.717, 1.165) is 38.0 Å². The molecular weight excluding hydrogens is 302 g/mol. The fourth-order valence-corrected chi connectivity index (χ4v) is 3.10. The Kier molecular flexibility index (Phi) is 5.72. The van der Waals surface area contributed by atoms with Crippen molar-refractivity contribution in [3.63, 3.8) is 0 Å². The average Bonchev–Trinajstić information content (AvgIpc) is 2.63. The monoisotopic (exact) mass is 327 g/mol. The fraction of sp³-hybridized carbons (Fsp3) is 0.400. The third kappa shape index (κ3) is 4.49. The van der Waals surface area contributed by atoms with Crippen LogP contribution in [0.2, 0.25) is 0 Å². The number of aromatic hydroxyl groups is 1. The highest BCUT2D eigenvalue weighted by Crippen LogP contribution is 2.27. The molecule has 24 heavy (non-hydrogen) atoms. The van der Waals surface area contributed by atoms with E-state index in [1.54, 1.807) is 13.2 Å². The van der Waals surface area contributed by atoms with Crippen LogP contribution >= 0.6 is 0 Å². The molecule has 1 saturated heterocycles. The van der Waals surface area contributed by atoms with Crippen LogP contribution in [0.15, 0.2) is 48.5 Å². The van der Waals surface area contributed by atoms with Gasteiger partial charge in [0.15, 0.2) is 11.5 Å². The van der Waals surface area contributed by atoms with Gasteiger partial charge in [-0.1, -0.05) is 36.4 Å². The van der Waals surface area contributed by atoms with E-state index in [2.05, 4.69) is 17.0 Å². The lowest BCUT2D eigenvalue weighted by molar-refractivity contribution is -0.00395. The quantitative estimate of drug-likeness (QED) is 0.880. The number of hydrogen-bond acceptors (Lipinski definition) is 4. The molecule has 1 aliphatic rings. The lowest BCUT2D eigenvalue weighted by Gasteiger charge is -2.32. The lowest BCUT2D eigenvalue weighted by atomic mass is 10.1. The molecule has 0 aliphatic carbocycles. The van der Waals surface area contributed by atoms with Gasteiger partial charge in [0.2, 0.25) is 0 Å². The molecule has 2 aromatic carbocycles. The predicted octanol–water partition coefficient (Wildman–Crippen LogP) is 3.58. The van der Waals surface area contributed by atoms with E-state index in [0.29, 0.717) is 18.5 Å². The molecule has 0 amide bonds. The number of rotatable bonds is 6. The second kappa shape index (κ2) is 8.18. The Labute approximate surface area is 143 Å². The standard InChI is InChI=1S/C20H25NO3/c1-23-20-13-17(7-8-19(20)22)14-21-11-9-18(10-12-21)24-15-16-5-3-2-4-6-16/h2-8,13,18,22H,9-12,14-15H2,1H3. The summed E-state index contributed by atoms with van der Waals surface area (Å²) in [5.41, 5.74) is 2.39. The Hall–Kier alpha value is -2.04. The summed E-state index contributed by atoms with van der Waals surface area (Å²) in [6.07, 6.45) is 2.46. The molecular formula is C20H25NO3. The van der Waals surface area contributed by atoms with Crippen LogP contribution in [-0.2, 0) is 17.9 Å². The van der Waals surface area contributed by atoms with Gasteiger partial charge in [0.05, 0.1) is 19.8 Å². The van der Waals surface area contributed by atoms with Crippen LogP contribution in [0.4, 0.5) is 0 Å². The fourth-order valence-electron chi connectivity index (χ4n) is 3.10. The van der Waals surface area contributed by atoms with E-state index in [1.807, 2.05) is 30.3 Å². The van der Waals surface area contributed by atoms with E-state index in [9.17, 15) is 5.11 Å². The Bertz CT molecular complexity index is 637. The van der Waals surface area contributed by atoms with E-state index >= 15 is 0 Å². The van der Waals surface area contributed by atoms with Gasteiger partial charge < -0.3 is 14.6 Å². The molecule has 1 N–H and O–H groups in total. The topological polar surface area (TPSA) is 41.9 Å². The Balaban J connectivity index is 1.45. The van der Waals surface area contributed by atoms with Crippen molar-refractivity contribution in [2.45, 2.75) is 32.1 Å². The number of nitrogens with zero attached hydrogens (tertiary/aromatic N) is 1. The maximum Gasteiger partial charge on any atom is 0.160 e. The second-order valence-corrected chi connectivity index (χ2v) is 6.28. The van der Waals surface area contributed by atoms with E-state index in [1.165, 1.54) is 5.56 Å². The number of benzene rings is 2. The minimum atomic E-state index is 0.189. The molecule has 0 atom stereocenters. The summed E-state index contributed by atoms with van der Waals surface area (Å²) in [6.45, 7) is 3.63. The highest BCUT2D eigenvalue weighted by atomic mass is 16.5. The van der Waals surface area contributed by atoms with Crippen LogP contribution in [0.25, 0.3) is 0 Å². The summed E-state index contributed by atoms with van der Waals surface area (Å²) >= 11 is 0. The molecule has 0 unspecified atom stereocenters. The SMILES string of the molecule is COc1cc(CN2CCC(OCc3ccccc3)CC2)ccc1O. The average molecular weight is 327 g/mol. The number of hydrogen-bond donors (Lipinski definition) is 1. The van der Waals surface area contributed by atoms with Gasteiger partial charge >= 0.3 is 0 Å². The zero-order valence-electron chi connectivity index (χ0n) is 14.1. The first-order chi connectivity index (χ1) is 11.7. The Morgan fingerprint density at radius 1 is 1.04 bits per heavy atom. The van der Waals surface area contributed by atoms with Crippen molar-refractivity contribution < 1.29 is 14.6 Å². The summed E-state index contributed by atoms with van der Waals surface area (Å²) in [6, 6.07) is 15.9. The summed E-state index contributed by atoms with van der Waals surface area (Å²) in [5.74, 6) is 0.725. The Morgan fingerprint density at radius 3 is 2.50 bits per heavy atom. The van der Waals surface area contributed by atoms with E-state index in [4.69, 9.17) is 9.47 Å². The summed E-state index contributed by atoms with van der Waals surface area (Å²) in [7, 11) is 1.58. The molecule has 1 fully saturated rings. The van der Waals surface area contributed by atoms with Gasteiger partial charge in [-0.25, -0.2) is 0 Å². The lowest BCUT2D eigenvalue weighted by Crippen LogP contribution is -2.36. The first kappa shape index (κ1) is 16.8. The van der Waals surface area contributed by atoms with Crippen molar-refractivity contribution in [1.82, 2.24) is 4.90 Å². The molecule has 0 bridgehead atoms. The number of piperidine rings is 1. The molecule has 128 valence electrons. The summed E-state index contributed by atoms with van der Waals surface area (Å²) < 4.78 is 11.2. The van der Waals surface area contributed by atoms with Crippen LogP contribution in [0, 0.1) is 0 Å². The third-order valence-electron chi connectivity index (χ3n) is 4.51. The summed E-state index contributed by atoms with van der Waals surface area (Å²) in [5, 5.41) is 9.67. The number of phenolic OH excluding ortho intramolecular Hbond substituents is 1.